The minimum Gasteiger partial charge on any atom is -0.0558 e. The molecule has 0 aliphatic heterocycles. The summed E-state index contributed by atoms with van der Waals surface area (Å²) >= 11 is 0. The van der Waals surface area contributed by atoms with E-state index in [2.05, 4.69) is 119 Å². The molecule has 4 aromatic rings. The van der Waals surface area contributed by atoms with E-state index in [9.17, 15) is 0 Å². The summed E-state index contributed by atoms with van der Waals surface area (Å²) in [5.41, 5.74) is 10.6. The van der Waals surface area contributed by atoms with E-state index in [4.69, 9.17) is 0 Å². The SMILES string of the molecule is CC1(C)CCC(C)(C)c2cc3c(cc21)c1cc2c(cc1c1cc4c(cc31)C(C)(C)CCC4(C)C)C(C)(C)CCC2(C)C. The molecule has 42 heavy (non-hydrogen) atoms. The van der Waals surface area contributed by atoms with Crippen molar-refractivity contribution in [1.82, 2.24) is 0 Å². The van der Waals surface area contributed by atoms with Crippen molar-refractivity contribution in [3.63, 3.8) is 0 Å². The van der Waals surface area contributed by atoms with Gasteiger partial charge < -0.3 is 0 Å². The van der Waals surface area contributed by atoms with Crippen LogP contribution in [0.15, 0.2) is 36.4 Å². The fourth-order valence-electron chi connectivity index (χ4n) is 9.18. The molecule has 222 valence electrons. The van der Waals surface area contributed by atoms with Crippen LogP contribution >= 0.6 is 0 Å². The van der Waals surface area contributed by atoms with Crippen LogP contribution in [0.3, 0.4) is 0 Å². The minimum absolute atomic E-state index is 0.192. The summed E-state index contributed by atoms with van der Waals surface area (Å²) < 4.78 is 0. The van der Waals surface area contributed by atoms with Crippen molar-refractivity contribution < 1.29 is 0 Å². The first kappa shape index (κ1) is 28.4. The highest BCUT2D eigenvalue weighted by Crippen LogP contribution is 2.54. The Morgan fingerprint density at radius 3 is 0.500 bits per heavy atom. The highest BCUT2D eigenvalue weighted by Gasteiger charge is 2.41. The van der Waals surface area contributed by atoms with Gasteiger partial charge in [-0.05, 0) is 173 Å². The van der Waals surface area contributed by atoms with Crippen LogP contribution in [0.2, 0.25) is 0 Å². The average molecular weight is 559 g/mol. The largest absolute Gasteiger partial charge is 0.0558 e. The summed E-state index contributed by atoms with van der Waals surface area (Å²) in [6.45, 7) is 29.7. The Morgan fingerprint density at radius 2 is 0.381 bits per heavy atom. The Bertz CT molecular complexity index is 1440. The van der Waals surface area contributed by atoms with Gasteiger partial charge in [-0.1, -0.05) is 83.1 Å². The van der Waals surface area contributed by atoms with Crippen LogP contribution in [-0.2, 0) is 32.5 Å². The van der Waals surface area contributed by atoms with Crippen LogP contribution in [0.1, 0.15) is 155 Å². The van der Waals surface area contributed by atoms with Crippen molar-refractivity contribution in [2.45, 2.75) is 154 Å². The van der Waals surface area contributed by atoms with Crippen molar-refractivity contribution in [3.05, 3.63) is 69.8 Å². The number of benzene rings is 4. The van der Waals surface area contributed by atoms with Crippen LogP contribution < -0.4 is 0 Å². The molecule has 0 radical (unpaired) electrons. The first-order valence-electron chi connectivity index (χ1n) is 16.8. The van der Waals surface area contributed by atoms with Crippen molar-refractivity contribution in [1.29, 1.82) is 0 Å². The summed E-state index contributed by atoms with van der Waals surface area (Å²) in [5, 5.41) is 8.82. The first-order valence-corrected chi connectivity index (χ1v) is 16.8. The van der Waals surface area contributed by atoms with Crippen LogP contribution in [0, 0.1) is 0 Å². The van der Waals surface area contributed by atoms with E-state index in [0.717, 1.165) is 0 Å². The van der Waals surface area contributed by atoms with Gasteiger partial charge in [0.25, 0.3) is 0 Å². The number of rotatable bonds is 0. The third kappa shape index (κ3) is 3.85. The van der Waals surface area contributed by atoms with E-state index in [1.54, 1.807) is 33.4 Å². The summed E-state index contributed by atoms with van der Waals surface area (Å²) in [6, 6.07) is 15.9. The molecule has 0 aromatic heterocycles. The molecular weight excluding hydrogens is 504 g/mol. The Morgan fingerprint density at radius 1 is 0.262 bits per heavy atom. The monoisotopic (exact) mass is 558 g/mol. The van der Waals surface area contributed by atoms with Crippen LogP contribution in [0.4, 0.5) is 0 Å². The maximum absolute atomic E-state index is 2.65. The van der Waals surface area contributed by atoms with Crippen molar-refractivity contribution in [2.24, 2.45) is 0 Å². The third-order valence-corrected chi connectivity index (χ3v) is 12.8. The van der Waals surface area contributed by atoms with Gasteiger partial charge in [-0.15, -0.1) is 0 Å². The fourth-order valence-corrected chi connectivity index (χ4v) is 9.18. The second kappa shape index (κ2) is 8.22. The lowest BCUT2D eigenvalue weighted by atomic mass is 9.61. The van der Waals surface area contributed by atoms with E-state index in [1.165, 1.54) is 70.8 Å². The quantitative estimate of drug-likeness (QED) is 0.188. The van der Waals surface area contributed by atoms with Gasteiger partial charge in [0.1, 0.15) is 0 Å². The normalized spacial score (nSPS) is 24.3. The van der Waals surface area contributed by atoms with Crippen molar-refractivity contribution >= 4 is 32.3 Å². The standard InChI is InChI=1S/C42H54/c1-37(2)13-14-38(3,4)32-20-26-25(19-31(32)37)27-21-33-35(41(9,10)16-15-39(33,5)6)23-29(27)30-24-36-34(22-28(26)30)40(7,8)17-18-42(36,11)12/h19-24H,13-18H2,1-12H3. The fraction of sp³-hybridized carbons (Fsp3) is 0.571. The smallest absolute Gasteiger partial charge is 0.00957 e. The second-order valence-electron chi connectivity index (χ2n) is 18.6. The lowest BCUT2D eigenvalue weighted by Crippen LogP contribution is -2.34. The zero-order valence-corrected chi connectivity index (χ0v) is 28.7. The van der Waals surface area contributed by atoms with Crippen LogP contribution in [-0.4, -0.2) is 0 Å². The highest BCUT2D eigenvalue weighted by molar-refractivity contribution is 6.26. The molecular formula is C42H54. The lowest BCUT2D eigenvalue weighted by Gasteiger charge is -2.43. The number of hydrogen-bond donors (Lipinski definition) is 0. The molecule has 0 spiro atoms. The summed E-state index contributed by atoms with van der Waals surface area (Å²) in [6.07, 6.45) is 7.48. The van der Waals surface area contributed by atoms with Gasteiger partial charge in [0, 0.05) is 0 Å². The maximum atomic E-state index is 2.65. The van der Waals surface area contributed by atoms with E-state index < -0.39 is 0 Å². The number of hydrogen-bond acceptors (Lipinski definition) is 0. The summed E-state index contributed by atoms with van der Waals surface area (Å²) in [4.78, 5) is 0. The molecule has 0 unspecified atom stereocenters. The molecule has 3 aliphatic carbocycles. The highest BCUT2D eigenvalue weighted by atomic mass is 14.5. The van der Waals surface area contributed by atoms with Gasteiger partial charge in [-0.3, -0.25) is 0 Å². The third-order valence-electron chi connectivity index (χ3n) is 12.8. The van der Waals surface area contributed by atoms with E-state index in [0.29, 0.717) is 0 Å². The molecule has 0 heteroatoms. The van der Waals surface area contributed by atoms with E-state index in [1.807, 2.05) is 0 Å². The van der Waals surface area contributed by atoms with E-state index in [-0.39, 0.29) is 32.5 Å². The van der Waals surface area contributed by atoms with Gasteiger partial charge in [-0.25, -0.2) is 0 Å². The Kier molecular flexibility index (Phi) is 5.57. The van der Waals surface area contributed by atoms with Crippen molar-refractivity contribution in [2.75, 3.05) is 0 Å². The molecule has 7 rings (SSSR count). The van der Waals surface area contributed by atoms with Crippen LogP contribution in [0.5, 0.6) is 0 Å². The van der Waals surface area contributed by atoms with E-state index >= 15 is 0 Å². The van der Waals surface area contributed by atoms with Gasteiger partial charge in [-0.2, -0.15) is 0 Å². The van der Waals surface area contributed by atoms with Gasteiger partial charge in [0.15, 0.2) is 0 Å². The second-order valence-corrected chi connectivity index (χ2v) is 18.6. The molecule has 0 saturated carbocycles. The molecule has 0 heterocycles. The predicted molar refractivity (Wildman–Crippen MR) is 185 cm³/mol. The Hall–Kier alpha value is -2.34. The molecule has 4 aromatic carbocycles. The lowest BCUT2D eigenvalue weighted by molar-refractivity contribution is 0.332. The van der Waals surface area contributed by atoms with Gasteiger partial charge in [0.2, 0.25) is 0 Å². The zero-order valence-electron chi connectivity index (χ0n) is 28.7. The Labute approximate surface area is 255 Å². The number of fused-ring (bicyclic) bond motifs is 9. The zero-order chi connectivity index (χ0) is 30.4. The predicted octanol–water partition coefficient (Wildman–Crippen LogP) is 12.2. The topological polar surface area (TPSA) is 0 Å². The average Bonchev–Trinajstić information content (AvgIpc) is 2.90. The molecule has 0 amide bonds. The van der Waals surface area contributed by atoms with Gasteiger partial charge >= 0.3 is 0 Å². The molecule has 3 aliphatic rings. The summed E-state index contributed by atoms with van der Waals surface area (Å²) in [7, 11) is 0. The van der Waals surface area contributed by atoms with Crippen LogP contribution in [0.25, 0.3) is 32.3 Å². The van der Waals surface area contributed by atoms with Crippen molar-refractivity contribution in [3.8, 4) is 0 Å². The molecule has 0 atom stereocenters. The molecule has 0 N–H and O–H groups in total. The molecule has 0 saturated heterocycles. The first-order chi connectivity index (χ1) is 19.3. The Balaban J connectivity index is 1.73. The molecule has 0 fully saturated rings. The molecule has 0 nitrogen and oxygen atoms in total. The van der Waals surface area contributed by atoms with Gasteiger partial charge in [0.05, 0.1) is 0 Å². The summed E-state index contributed by atoms with van der Waals surface area (Å²) in [5.74, 6) is 0. The molecule has 0 bridgehead atoms. The minimum atomic E-state index is 0.192. The maximum Gasteiger partial charge on any atom is -0.00957 e.